The van der Waals surface area contributed by atoms with Crippen molar-refractivity contribution in [2.45, 2.75) is 51.2 Å². The van der Waals surface area contributed by atoms with Gasteiger partial charge in [0.2, 0.25) is 0 Å². The second-order valence-electron chi connectivity index (χ2n) is 5.38. The molecule has 1 aromatic carbocycles. The van der Waals surface area contributed by atoms with Crippen LogP contribution < -0.4 is 5.32 Å². The minimum absolute atomic E-state index is 0.0275. The summed E-state index contributed by atoms with van der Waals surface area (Å²) in [7, 11) is 0. The molecule has 1 aliphatic rings. The Kier molecular flexibility index (Phi) is 5.06. The van der Waals surface area contributed by atoms with Gasteiger partial charge in [0, 0.05) is 22.8 Å². The van der Waals surface area contributed by atoms with E-state index >= 15 is 0 Å². The van der Waals surface area contributed by atoms with Gasteiger partial charge in [-0.1, -0.05) is 13.8 Å². The third-order valence-corrected chi connectivity index (χ3v) is 4.90. The van der Waals surface area contributed by atoms with Crippen LogP contribution in [-0.4, -0.2) is 18.2 Å². The molecule has 0 aromatic heterocycles. The van der Waals surface area contributed by atoms with E-state index in [-0.39, 0.29) is 5.60 Å². The maximum absolute atomic E-state index is 8.95. The highest BCUT2D eigenvalue weighted by Crippen LogP contribution is 2.33. The largest absolute Gasteiger partial charge is 0.382 e. The fourth-order valence-corrected chi connectivity index (χ4v) is 3.29. The second-order valence-corrected chi connectivity index (χ2v) is 6.23. The van der Waals surface area contributed by atoms with Gasteiger partial charge in [-0.25, -0.2) is 0 Å². The molecular weight excluding hydrogens is 316 g/mol. The Labute approximate surface area is 129 Å². The van der Waals surface area contributed by atoms with Crippen molar-refractivity contribution in [1.82, 2.24) is 0 Å². The normalized spacial score (nSPS) is 21.2. The molecule has 1 atom stereocenters. The van der Waals surface area contributed by atoms with Gasteiger partial charge in [-0.15, -0.1) is 0 Å². The van der Waals surface area contributed by atoms with E-state index in [4.69, 9.17) is 10.00 Å². The topological polar surface area (TPSA) is 45.0 Å². The Hall–Kier alpha value is -1.05. The summed E-state index contributed by atoms with van der Waals surface area (Å²) < 4.78 is 6.84. The first-order chi connectivity index (χ1) is 9.62. The molecule has 0 aliphatic carbocycles. The zero-order valence-corrected chi connectivity index (χ0v) is 13.7. The molecule has 1 saturated heterocycles. The van der Waals surface area contributed by atoms with Gasteiger partial charge in [-0.05, 0) is 59.8 Å². The molecule has 0 saturated carbocycles. The SMILES string of the molecule is CCC1(CC)CC(Nc2ccc(C#N)c(Br)c2)CCO1. The summed E-state index contributed by atoms with van der Waals surface area (Å²) in [6.45, 7) is 5.21. The molecule has 20 heavy (non-hydrogen) atoms. The van der Waals surface area contributed by atoms with Crippen LogP contribution >= 0.6 is 15.9 Å². The van der Waals surface area contributed by atoms with E-state index < -0.39 is 0 Å². The molecule has 1 fully saturated rings. The smallest absolute Gasteiger partial charge is 0.100 e. The Bertz CT molecular complexity index is 506. The maximum atomic E-state index is 8.95. The highest BCUT2D eigenvalue weighted by Gasteiger charge is 2.34. The number of hydrogen-bond donors (Lipinski definition) is 1. The van der Waals surface area contributed by atoms with Crippen molar-refractivity contribution >= 4 is 21.6 Å². The quantitative estimate of drug-likeness (QED) is 0.882. The van der Waals surface area contributed by atoms with Crippen LogP contribution in [0.15, 0.2) is 22.7 Å². The predicted octanol–water partition coefficient (Wildman–Crippen LogP) is 4.47. The fourth-order valence-electron chi connectivity index (χ4n) is 2.82. The summed E-state index contributed by atoms with van der Waals surface area (Å²) in [6, 6.07) is 8.39. The van der Waals surface area contributed by atoms with Gasteiger partial charge in [0.25, 0.3) is 0 Å². The van der Waals surface area contributed by atoms with Gasteiger partial charge >= 0.3 is 0 Å². The monoisotopic (exact) mass is 336 g/mol. The number of halogens is 1. The summed E-state index contributed by atoms with van der Waals surface area (Å²) in [5.74, 6) is 0. The van der Waals surface area contributed by atoms with Gasteiger partial charge < -0.3 is 10.1 Å². The predicted molar refractivity (Wildman–Crippen MR) is 84.8 cm³/mol. The van der Waals surface area contributed by atoms with Gasteiger partial charge in [0.05, 0.1) is 11.2 Å². The van der Waals surface area contributed by atoms with Gasteiger partial charge in [-0.2, -0.15) is 5.26 Å². The first-order valence-electron chi connectivity index (χ1n) is 7.22. The number of nitrogens with zero attached hydrogens (tertiary/aromatic N) is 1. The van der Waals surface area contributed by atoms with Crippen molar-refractivity contribution in [3.63, 3.8) is 0 Å². The Morgan fingerprint density at radius 1 is 1.45 bits per heavy atom. The van der Waals surface area contributed by atoms with Crippen LogP contribution in [-0.2, 0) is 4.74 Å². The molecule has 1 aromatic rings. The first kappa shape index (κ1) is 15.3. The second kappa shape index (κ2) is 6.60. The van der Waals surface area contributed by atoms with E-state index in [0.29, 0.717) is 11.6 Å². The van der Waals surface area contributed by atoms with Crippen LogP contribution in [0.3, 0.4) is 0 Å². The van der Waals surface area contributed by atoms with Crippen molar-refractivity contribution < 1.29 is 4.74 Å². The summed E-state index contributed by atoms with van der Waals surface area (Å²) in [5, 5.41) is 12.5. The molecular formula is C16H21BrN2O. The number of ether oxygens (including phenoxy) is 1. The summed E-state index contributed by atoms with van der Waals surface area (Å²) in [5.41, 5.74) is 1.75. The van der Waals surface area contributed by atoms with Crippen LogP contribution in [0, 0.1) is 11.3 Å². The van der Waals surface area contributed by atoms with Crippen molar-refractivity contribution in [2.75, 3.05) is 11.9 Å². The van der Waals surface area contributed by atoms with Crippen molar-refractivity contribution in [3.05, 3.63) is 28.2 Å². The van der Waals surface area contributed by atoms with E-state index in [0.717, 1.165) is 42.5 Å². The van der Waals surface area contributed by atoms with E-state index in [1.165, 1.54) is 0 Å². The number of anilines is 1. The third kappa shape index (κ3) is 3.34. The number of rotatable bonds is 4. The lowest BCUT2D eigenvalue weighted by atomic mass is 9.86. The minimum atomic E-state index is 0.0275. The van der Waals surface area contributed by atoms with Crippen LogP contribution in [0.25, 0.3) is 0 Å². The summed E-state index contributed by atoms with van der Waals surface area (Å²) in [6.07, 6.45) is 4.18. The Morgan fingerprint density at radius 2 is 2.20 bits per heavy atom. The highest BCUT2D eigenvalue weighted by atomic mass is 79.9. The molecule has 2 rings (SSSR count). The molecule has 4 heteroatoms. The number of hydrogen-bond acceptors (Lipinski definition) is 3. The summed E-state index contributed by atoms with van der Waals surface area (Å²) in [4.78, 5) is 0. The number of nitrogens with one attached hydrogen (secondary N) is 1. The Morgan fingerprint density at radius 3 is 2.80 bits per heavy atom. The number of benzene rings is 1. The molecule has 1 aliphatic heterocycles. The van der Waals surface area contributed by atoms with Gasteiger partial charge in [0.15, 0.2) is 0 Å². The van der Waals surface area contributed by atoms with Crippen molar-refractivity contribution in [1.29, 1.82) is 5.26 Å². The lowest BCUT2D eigenvalue weighted by Crippen LogP contribution is -2.43. The molecule has 0 radical (unpaired) electrons. The molecule has 3 nitrogen and oxygen atoms in total. The first-order valence-corrected chi connectivity index (χ1v) is 8.02. The molecule has 1 N–H and O–H groups in total. The van der Waals surface area contributed by atoms with Crippen LogP contribution in [0.2, 0.25) is 0 Å². The highest BCUT2D eigenvalue weighted by molar-refractivity contribution is 9.10. The summed E-state index contributed by atoms with van der Waals surface area (Å²) >= 11 is 3.43. The van der Waals surface area contributed by atoms with Crippen molar-refractivity contribution in [3.8, 4) is 6.07 Å². The molecule has 108 valence electrons. The zero-order valence-electron chi connectivity index (χ0n) is 12.1. The average Bonchev–Trinajstić information content (AvgIpc) is 2.47. The molecule has 0 amide bonds. The van der Waals surface area contributed by atoms with E-state index in [1.807, 2.05) is 18.2 Å². The molecule has 0 bridgehead atoms. The minimum Gasteiger partial charge on any atom is -0.382 e. The van der Waals surface area contributed by atoms with Gasteiger partial charge in [-0.3, -0.25) is 0 Å². The molecule has 1 heterocycles. The lowest BCUT2D eigenvalue weighted by Gasteiger charge is -2.40. The van der Waals surface area contributed by atoms with Gasteiger partial charge in [0.1, 0.15) is 6.07 Å². The van der Waals surface area contributed by atoms with E-state index in [9.17, 15) is 0 Å². The van der Waals surface area contributed by atoms with Crippen LogP contribution in [0.5, 0.6) is 0 Å². The van der Waals surface area contributed by atoms with Crippen LogP contribution in [0.4, 0.5) is 5.69 Å². The molecule has 0 spiro atoms. The standard InChI is InChI=1S/C16H21BrN2O/c1-3-16(4-2)10-14(7-8-20-16)19-13-6-5-12(11-18)15(17)9-13/h5-6,9,14,19H,3-4,7-8,10H2,1-2H3. The van der Waals surface area contributed by atoms with Crippen LogP contribution in [0.1, 0.15) is 45.1 Å². The third-order valence-electron chi connectivity index (χ3n) is 4.24. The zero-order chi connectivity index (χ0) is 14.6. The fraction of sp³-hybridized carbons (Fsp3) is 0.562. The van der Waals surface area contributed by atoms with E-state index in [1.54, 1.807) is 0 Å². The average molecular weight is 337 g/mol. The molecule has 1 unspecified atom stereocenters. The van der Waals surface area contributed by atoms with E-state index in [2.05, 4.69) is 41.2 Å². The van der Waals surface area contributed by atoms with Crippen molar-refractivity contribution in [2.24, 2.45) is 0 Å². The maximum Gasteiger partial charge on any atom is 0.100 e. The lowest BCUT2D eigenvalue weighted by molar-refractivity contribution is -0.0864. The number of nitriles is 1. The Balaban J connectivity index is 2.06.